The fourth-order valence-electron chi connectivity index (χ4n) is 4.29. The maximum Gasteiger partial charge on any atom is 0.416 e. The van der Waals surface area contributed by atoms with E-state index in [0.717, 1.165) is 28.6 Å². The van der Waals surface area contributed by atoms with Crippen molar-refractivity contribution in [1.29, 1.82) is 0 Å². The van der Waals surface area contributed by atoms with Crippen LogP contribution >= 0.6 is 8.15 Å². The van der Waals surface area contributed by atoms with Crippen LogP contribution in [-0.2, 0) is 30.8 Å². The minimum Gasteiger partial charge on any atom is -0.358 e. The van der Waals surface area contributed by atoms with Gasteiger partial charge in [-0.05, 0) is 67.8 Å². The maximum atomic E-state index is 13.2. The van der Waals surface area contributed by atoms with E-state index in [4.69, 9.17) is 9.52 Å². The summed E-state index contributed by atoms with van der Waals surface area (Å²) in [7, 11) is -1.63. The van der Waals surface area contributed by atoms with Crippen molar-refractivity contribution in [3.05, 3.63) is 105 Å². The van der Waals surface area contributed by atoms with Gasteiger partial charge >= 0.3 is 6.18 Å². The van der Waals surface area contributed by atoms with Crippen LogP contribution < -0.4 is 15.5 Å². The SMILES string of the molecule is CC(C)(O[PH+](c1ccccc1)c1ccccc1)C1=N[C@@H](C(C)(C)C)CN1c1ccc(C(F)(F)F)cc1.[CH3-].[CH3-].[Ir]. The molecule has 0 fully saturated rings. The van der Waals surface area contributed by atoms with Crippen LogP contribution in [0.3, 0.4) is 0 Å². The first-order valence-electron chi connectivity index (χ1n) is 12.1. The zero-order valence-corrected chi connectivity index (χ0v) is 27.0. The molecule has 1 aliphatic rings. The fourth-order valence-corrected chi connectivity index (χ4v) is 6.45. The molecule has 1 aliphatic heterocycles. The third-order valence-corrected chi connectivity index (χ3v) is 8.79. The molecule has 3 aromatic carbocycles. The average molecular weight is 736 g/mol. The molecule has 0 aliphatic carbocycles. The van der Waals surface area contributed by atoms with Crippen LogP contribution in [0.5, 0.6) is 0 Å². The Kier molecular flexibility index (Phi) is 12.2. The van der Waals surface area contributed by atoms with Gasteiger partial charge in [-0.15, -0.1) is 0 Å². The average Bonchev–Trinajstić information content (AvgIpc) is 3.31. The molecule has 1 heterocycles. The third kappa shape index (κ3) is 8.24. The minimum absolute atomic E-state index is 0. The molecule has 39 heavy (non-hydrogen) atoms. The maximum absolute atomic E-state index is 13.2. The van der Waals surface area contributed by atoms with Gasteiger partial charge in [-0.25, -0.2) is 4.52 Å². The molecule has 0 spiro atoms. The molecule has 3 nitrogen and oxygen atoms in total. The number of rotatable bonds is 6. The van der Waals surface area contributed by atoms with Gasteiger partial charge in [-0.1, -0.05) is 57.2 Å². The zero-order valence-electron chi connectivity index (χ0n) is 23.6. The smallest absolute Gasteiger partial charge is 0.358 e. The zero-order chi connectivity index (χ0) is 26.1. The van der Waals surface area contributed by atoms with E-state index in [2.05, 4.69) is 45.0 Å². The van der Waals surface area contributed by atoms with Crippen molar-refractivity contribution < 1.29 is 37.8 Å². The van der Waals surface area contributed by atoms with Gasteiger partial charge in [0.05, 0.1) is 11.6 Å². The molecule has 0 saturated carbocycles. The number of amidine groups is 1. The van der Waals surface area contributed by atoms with Gasteiger partial charge in [0.15, 0.2) is 13.7 Å². The summed E-state index contributed by atoms with van der Waals surface area (Å²) < 4.78 is 46.5. The largest absolute Gasteiger partial charge is 0.416 e. The molecule has 0 aromatic heterocycles. The van der Waals surface area contributed by atoms with Crippen LogP contribution in [0.25, 0.3) is 0 Å². The van der Waals surface area contributed by atoms with E-state index in [0.29, 0.717) is 12.2 Å². The van der Waals surface area contributed by atoms with Gasteiger partial charge in [0.1, 0.15) is 16.4 Å². The van der Waals surface area contributed by atoms with Gasteiger partial charge in [0.25, 0.3) is 0 Å². The second kappa shape index (κ2) is 13.5. The summed E-state index contributed by atoms with van der Waals surface area (Å²) in [5.41, 5.74) is -0.888. The topological polar surface area (TPSA) is 24.8 Å². The van der Waals surface area contributed by atoms with Crippen LogP contribution in [0, 0.1) is 20.3 Å². The molecule has 1 atom stereocenters. The van der Waals surface area contributed by atoms with Crippen molar-refractivity contribution >= 4 is 30.3 Å². The molecular formula is C31H39F3IrN2OP-. The third-order valence-electron chi connectivity index (χ3n) is 6.36. The molecule has 0 unspecified atom stereocenters. The number of nitrogens with zero attached hydrogens (tertiary/aromatic N) is 2. The van der Waals surface area contributed by atoms with E-state index in [-0.39, 0.29) is 46.4 Å². The van der Waals surface area contributed by atoms with E-state index in [1.54, 1.807) is 0 Å². The number of halogens is 3. The molecule has 1 radical (unpaired) electrons. The van der Waals surface area contributed by atoms with Crippen LogP contribution in [0.15, 0.2) is 89.9 Å². The molecule has 0 saturated heterocycles. The van der Waals surface area contributed by atoms with Gasteiger partial charge in [-0.2, -0.15) is 13.2 Å². The molecule has 8 heteroatoms. The summed E-state index contributed by atoms with van der Waals surface area (Å²) in [6.45, 7) is 11.0. The molecule has 0 N–H and O–H groups in total. The van der Waals surface area contributed by atoms with Crippen LogP contribution in [0.4, 0.5) is 18.9 Å². The normalized spacial score (nSPS) is 15.7. The number of hydrogen-bond donors (Lipinski definition) is 0. The molecule has 0 amide bonds. The fraction of sp³-hybridized carbons (Fsp3) is 0.323. The van der Waals surface area contributed by atoms with Crippen molar-refractivity contribution in [2.45, 2.75) is 52.4 Å². The summed E-state index contributed by atoms with van der Waals surface area (Å²) in [6, 6.07) is 25.6. The Balaban J connectivity index is 0.00000253. The van der Waals surface area contributed by atoms with Crippen molar-refractivity contribution in [3.8, 4) is 0 Å². The van der Waals surface area contributed by atoms with Gasteiger partial charge in [0.2, 0.25) is 0 Å². The minimum atomic E-state index is -4.38. The van der Waals surface area contributed by atoms with Crippen molar-refractivity contribution in [3.63, 3.8) is 0 Å². The Hall–Kier alpha value is -2.04. The van der Waals surface area contributed by atoms with Crippen LogP contribution in [0.1, 0.15) is 40.2 Å². The standard InChI is InChI=1S/C29H32F3N2OP.2CH3.Ir/c1-27(2,3)25-20-34(22-18-16-21(17-19-22)29(30,31)32)26(33-25)28(4,5)35-36(23-12-8-6-9-13-23)24-14-10-7-11-15-24;;;/h6-19,25H,20H2,1-5H3;2*1H3;/q;2*-1;/p+1/t25-;;;/m1.../s1. The van der Waals surface area contributed by atoms with E-state index in [1.165, 1.54) is 12.1 Å². The molecule has 215 valence electrons. The first-order valence-corrected chi connectivity index (χ1v) is 13.5. The number of hydrogen-bond acceptors (Lipinski definition) is 3. The summed E-state index contributed by atoms with van der Waals surface area (Å²) >= 11 is 0. The number of aliphatic imine (C=N–C) groups is 1. The summed E-state index contributed by atoms with van der Waals surface area (Å²) in [5.74, 6) is 0.733. The first kappa shape index (κ1) is 35.0. The van der Waals surface area contributed by atoms with Crippen molar-refractivity contribution in [1.82, 2.24) is 0 Å². The summed E-state index contributed by atoms with van der Waals surface area (Å²) in [5, 5.41) is 2.24. The Bertz CT molecular complexity index is 1160. The number of alkyl halides is 3. The van der Waals surface area contributed by atoms with Crippen molar-refractivity contribution in [2.24, 2.45) is 10.4 Å². The van der Waals surface area contributed by atoms with Gasteiger partial charge < -0.3 is 19.8 Å². The first-order chi connectivity index (χ1) is 16.9. The quantitative estimate of drug-likeness (QED) is 0.191. The Morgan fingerprint density at radius 1 is 0.769 bits per heavy atom. The second-order valence-electron chi connectivity index (χ2n) is 10.7. The van der Waals surface area contributed by atoms with E-state index >= 15 is 0 Å². The second-order valence-corrected chi connectivity index (χ2v) is 12.7. The van der Waals surface area contributed by atoms with E-state index in [9.17, 15) is 13.2 Å². The molecule has 3 aromatic rings. The predicted octanol–water partition coefficient (Wildman–Crippen LogP) is 7.81. The summed E-state index contributed by atoms with van der Waals surface area (Å²) in [6.07, 6.45) is -4.38. The number of anilines is 1. The molecule has 0 bridgehead atoms. The Morgan fingerprint density at radius 3 is 1.64 bits per heavy atom. The van der Waals surface area contributed by atoms with Gasteiger partial charge in [-0.3, -0.25) is 4.99 Å². The van der Waals surface area contributed by atoms with Crippen molar-refractivity contribution in [2.75, 3.05) is 11.4 Å². The van der Waals surface area contributed by atoms with Crippen LogP contribution in [0.2, 0.25) is 0 Å². The Labute approximate surface area is 247 Å². The molecular weight excluding hydrogens is 697 g/mol. The van der Waals surface area contributed by atoms with Crippen LogP contribution in [-0.4, -0.2) is 24.0 Å². The van der Waals surface area contributed by atoms with Gasteiger partial charge in [0, 0.05) is 32.3 Å². The summed E-state index contributed by atoms with van der Waals surface area (Å²) in [4.78, 5) is 7.13. The monoisotopic (exact) mass is 736 g/mol. The van der Waals surface area contributed by atoms with E-state index in [1.807, 2.05) is 55.1 Å². The predicted molar refractivity (Wildman–Crippen MR) is 158 cm³/mol. The Morgan fingerprint density at radius 2 is 1.23 bits per heavy atom. The van der Waals surface area contributed by atoms with E-state index < -0.39 is 25.5 Å². The number of benzene rings is 3. The molecule has 4 rings (SSSR count).